The molecule has 2 heterocycles. The highest BCUT2D eigenvalue weighted by Gasteiger charge is 2.17. The number of hydrogen-bond acceptors (Lipinski definition) is 4. The second-order valence-corrected chi connectivity index (χ2v) is 10.6. The van der Waals surface area contributed by atoms with Crippen LogP contribution in [-0.4, -0.2) is 29.8 Å². The van der Waals surface area contributed by atoms with Crippen molar-refractivity contribution in [3.63, 3.8) is 0 Å². The Morgan fingerprint density at radius 3 is 2.44 bits per heavy atom. The molecule has 0 spiro atoms. The van der Waals surface area contributed by atoms with Crippen LogP contribution in [0.25, 0.3) is 22.5 Å². The van der Waals surface area contributed by atoms with E-state index in [0.29, 0.717) is 18.3 Å². The van der Waals surface area contributed by atoms with E-state index in [1.165, 1.54) is 32.1 Å². The number of tetrazole rings is 1. The Labute approximate surface area is 212 Å². The van der Waals surface area contributed by atoms with E-state index >= 15 is 0 Å². The van der Waals surface area contributed by atoms with Crippen molar-refractivity contribution in [3.8, 4) is 22.5 Å². The molecule has 0 aliphatic heterocycles. The number of aromatic nitrogens is 6. The molecule has 5 rings (SSSR count). The summed E-state index contributed by atoms with van der Waals surface area (Å²) >= 11 is 0. The summed E-state index contributed by atoms with van der Waals surface area (Å²) < 4.78 is 3.94. The summed E-state index contributed by atoms with van der Waals surface area (Å²) in [4.78, 5) is 13.4. The molecule has 0 unspecified atom stereocenters. The van der Waals surface area contributed by atoms with Gasteiger partial charge in [0.1, 0.15) is 0 Å². The SMILES string of the molecule is CC(C)Cc1cn(CCC2CCCCC2)c(=O)n1Cc1ccc(-c2ccccc2-c2nn[nH]n2)cc1. The molecule has 7 nitrogen and oxygen atoms in total. The first kappa shape index (κ1) is 24.2. The zero-order chi connectivity index (χ0) is 24.9. The average molecular weight is 485 g/mol. The number of benzene rings is 2. The van der Waals surface area contributed by atoms with Crippen LogP contribution in [0.1, 0.15) is 63.6 Å². The van der Waals surface area contributed by atoms with Gasteiger partial charge in [0, 0.05) is 24.0 Å². The predicted molar refractivity (Wildman–Crippen MR) is 143 cm³/mol. The van der Waals surface area contributed by atoms with Gasteiger partial charge in [0.15, 0.2) is 0 Å². The third-order valence-electron chi connectivity index (χ3n) is 7.37. The van der Waals surface area contributed by atoms with Gasteiger partial charge in [0.2, 0.25) is 5.82 Å². The monoisotopic (exact) mass is 484 g/mol. The van der Waals surface area contributed by atoms with E-state index in [9.17, 15) is 4.79 Å². The minimum absolute atomic E-state index is 0.119. The summed E-state index contributed by atoms with van der Waals surface area (Å²) in [5.41, 5.74) is 5.44. The van der Waals surface area contributed by atoms with E-state index in [4.69, 9.17) is 0 Å². The number of nitrogens with zero attached hydrogens (tertiary/aromatic N) is 5. The van der Waals surface area contributed by atoms with Crippen molar-refractivity contribution in [3.05, 3.63) is 76.5 Å². The molecular weight excluding hydrogens is 448 g/mol. The molecule has 0 saturated heterocycles. The van der Waals surface area contributed by atoms with Crippen molar-refractivity contribution in [2.45, 2.75) is 71.9 Å². The van der Waals surface area contributed by atoms with Crippen molar-refractivity contribution in [1.29, 1.82) is 0 Å². The number of aromatic amines is 1. The third kappa shape index (κ3) is 5.50. The van der Waals surface area contributed by atoms with Crippen LogP contribution in [0.4, 0.5) is 0 Å². The van der Waals surface area contributed by atoms with Crippen LogP contribution in [0.2, 0.25) is 0 Å². The normalized spacial score (nSPS) is 14.5. The standard InChI is InChI=1S/C29H36N6O/c1-21(2)18-25-20-34(17-16-22-8-4-3-5-9-22)29(36)35(25)19-23-12-14-24(15-13-23)26-10-6-7-11-27(26)28-30-32-33-31-28/h6-7,10-15,20-22H,3-5,8-9,16-19H2,1-2H3,(H,30,31,32,33). The molecule has 36 heavy (non-hydrogen) atoms. The Hall–Kier alpha value is -3.48. The molecule has 188 valence electrons. The fraction of sp³-hybridized carbons (Fsp3) is 0.448. The maximum absolute atomic E-state index is 13.4. The lowest BCUT2D eigenvalue weighted by Crippen LogP contribution is -2.26. The van der Waals surface area contributed by atoms with Gasteiger partial charge in [-0.2, -0.15) is 5.21 Å². The predicted octanol–water partition coefficient (Wildman–Crippen LogP) is 5.71. The number of H-pyrrole nitrogens is 1. The van der Waals surface area contributed by atoms with Gasteiger partial charge in [-0.1, -0.05) is 94.5 Å². The highest BCUT2D eigenvalue weighted by Crippen LogP contribution is 2.30. The summed E-state index contributed by atoms with van der Waals surface area (Å²) in [6, 6.07) is 16.5. The molecule has 0 atom stereocenters. The lowest BCUT2D eigenvalue weighted by Gasteiger charge is -2.21. The molecule has 1 saturated carbocycles. The van der Waals surface area contributed by atoms with Crippen LogP contribution in [0.3, 0.4) is 0 Å². The number of nitrogens with one attached hydrogen (secondary N) is 1. The van der Waals surface area contributed by atoms with Crippen LogP contribution in [-0.2, 0) is 19.5 Å². The first-order valence-electron chi connectivity index (χ1n) is 13.3. The van der Waals surface area contributed by atoms with Gasteiger partial charge in [-0.05, 0) is 46.6 Å². The molecule has 7 heteroatoms. The molecule has 1 aliphatic carbocycles. The minimum atomic E-state index is 0.119. The second-order valence-electron chi connectivity index (χ2n) is 10.6. The minimum Gasteiger partial charge on any atom is -0.299 e. The molecule has 1 fully saturated rings. The quantitative estimate of drug-likeness (QED) is 0.330. The highest BCUT2D eigenvalue weighted by atomic mass is 16.1. The van der Waals surface area contributed by atoms with Crippen LogP contribution < -0.4 is 5.69 Å². The van der Waals surface area contributed by atoms with Gasteiger partial charge in [-0.15, -0.1) is 10.2 Å². The summed E-state index contributed by atoms with van der Waals surface area (Å²) in [5.74, 6) is 1.84. The van der Waals surface area contributed by atoms with Crippen LogP contribution in [0.15, 0.2) is 59.5 Å². The van der Waals surface area contributed by atoms with E-state index in [1.54, 1.807) is 0 Å². The number of hydrogen-bond donors (Lipinski definition) is 1. The number of rotatable bonds is 9. The summed E-state index contributed by atoms with van der Waals surface area (Å²) in [6.07, 6.45) is 10.8. The first-order chi connectivity index (χ1) is 17.6. The van der Waals surface area contributed by atoms with E-state index in [2.05, 4.69) is 71.0 Å². The molecule has 1 N–H and O–H groups in total. The van der Waals surface area contributed by atoms with Gasteiger partial charge >= 0.3 is 5.69 Å². The van der Waals surface area contributed by atoms with Gasteiger partial charge in [-0.25, -0.2) is 4.79 Å². The molecule has 2 aromatic carbocycles. The summed E-state index contributed by atoms with van der Waals surface area (Å²) in [6.45, 7) is 5.84. The van der Waals surface area contributed by atoms with Gasteiger partial charge in [0.05, 0.1) is 6.54 Å². The van der Waals surface area contributed by atoms with E-state index in [1.807, 2.05) is 27.3 Å². The maximum atomic E-state index is 13.4. The third-order valence-corrected chi connectivity index (χ3v) is 7.37. The zero-order valence-corrected chi connectivity index (χ0v) is 21.4. The van der Waals surface area contributed by atoms with Crippen molar-refractivity contribution in [2.75, 3.05) is 0 Å². The molecule has 1 aliphatic rings. The molecule has 0 bridgehead atoms. The molecule has 0 amide bonds. The number of imidazole rings is 1. The largest absolute Gasteiger partial charge is 0.328 e. The Morgan fingerprint density at radius 1 is 1.00 bits per heavy atom. The fourth-order valence-corrected chi connectivity index (χ4v) is 5.47. The van der Waals surface area contributed by atoms with Gasteiger partial charge in [0.25, 0.3) is 0 Å². The fourth-order valence-electron chi connectivity index (χ4n) is 5.47. The molecule has 0 radical (unpaired) electrons. The molecule has 4 aromatic rings. The Morgan fingerprint density at radius 2 is 1.75 bits per heavy atom. The smallest absolute Gasteiger partial charge is 0.299 e. The van der Waals surface area contributed by atoms with Crippen molar-refractivity contribution >= 4 is 0 Å². The Kier molecular flexibility index (Phi) is 7.44. The Bertz CT molecular complexity index is 1310. The Balaban J connectivity index is 1.36. The lowest BCUT2D eigenvalue weighted by atomic mass is 9.87. The lowest BCUT2D eigenvalue weighted by molar-refractivity contribution is 0.322. The average Bonchev–Trinajstić information content (AvgIpc) is 3.53. The number of aryl methyl sites for hydroxylation is 1. The highest BCUT2D eigenvalue weighted by molar-refractivity contribution is 5.80. The van der Waals surface area contributed by atoms with Crippen LogP contribution in [0, 0.1) is 11.8 Å². The zero-order valence-electron chi connectivity index (χ0n) is 21.4. The van der Waals surface area contributed by atoms with Crippen LogP contribution in [0.5, 0.6) is 0 Å². The maximum Gasteiger partial charge on any atom is 0.328 e. The summed E-state index contributed by atoms with van der Waals surface area (Å²) in [7, 11) is 0. The van der Waals surface area contributed by atoms with E-state index in [-0.39, 0.29) is 5.69 Å². The second kappa shape index (κ2) is 11.1. The molecule has 2 aromatic heterocycles. The van der Waals surface area contributed by atoms with Crippen LogP contribution >= 0.6 is 0 Å². The van der Waals surface area contributed by atoms with E-state index < -0.39 is 0 Å². The summed E-state index contributed by atoms with van der Waals surface area (Å²) in [5, 5.41) is 14.5. The van der Waals surface area contributed by atoms with Crippen molar-refractivity contribution in [1.82, 2.24) is 29.8 Å². The van der Waals surface area contributed by atoms with Gasteiger partial charge < -0.3 is 0 Å². The van der Waals surface area contributed by atoms with Gasteiger partial charge in [-0.3, -0.25) is 9.13 Å². The topological polar surface area (TPSA) is 81.4 Å². The molecular formula is C29H36N6O. The van der Waals surface area contributed by atoms with Crippen molar-refractivity contribution < 1.29 is 0 Å². The van der Waals surface area contributed by atoms with E-state index in [0.717, 1.165) is 53.3 Å². The van der Waals surface area contributed by atoms with Crippen molar-refractivity contribution in [2.24, 2.45) is 11.8 Å². The first-order valence-corrected chi connectivity index (χ1v) is 13.3.